The summed E-state index contributed by atoms with van der Waals surface area (Å²) in [5.74, 6) is 0. The molecule has 0 aliphatic carbocycles. The molecule has 1 N–H and O–H groups in total. The first kappa shape index (κ1) is 16.2. The minimum atomic E-state index is -0.415. The van der Waals surface area contributed by atoms with Crippen LogP contribution in [0.25, 0.3) is 0 Å². The molecule has 0 amide bonds. The van der Waals surface area contributed by atoms with Crippen molar-refractivity contribution < 1.29 is 4.92 Å². The van der Waals surface area contributed by atoms with Crippen LogP contribution in [0.15, 0.2) is 18.2 Å². The zero-order chi connectivity index (χ0) is 15.2. The van der Waals surface area contributed by atoms with E-state index in [0.717, 1.165) is 38.2 Å². The Morgan fingerprint density at radius 3 is 2.90 bits per heavy atom. The van der Waals surface area contributed by atoms with Crippen molar-refractivity contribution in [2.24, 2.45) is 0 Å². The molecule has 1 aromatic rings. The molecular weight excluding hydrogens is 290 g/mol. The highest BCUT2D eigenvalue weighted by atomic mass is 35.5. The van der Waals surface area contributed by atoms with Crippen LogP contribution in [0.1, 0.15) is 31.7 Å². The van der Waals surface area contributed by atoms with E-state index < -0.39 is 4.92 Å². The van der Waals surface area contributed by atoms with Gasteiger partial charge in [0.05, 0.1) is 9.95 Å². The van der Waals surface area contributed by atoms with E-state index in [-0.39, 0.29) is 5.69 Å². The number of nitrogens with one attached hydrogen (secondary N) is 1. The van der Waals surface area contributed by atoms with Crippen molar-refractivity contribution in [3.05, 3.63) is 38.9 Å². The lowest BCUT2D eigenvalue weighted by Crippen LogP contribution is -2.37. The van der Waals surface area contributed by atoms with Crippen LogP contribution >= 0.6 is 11.6 Å². The monoisotopic (exact) mass is 311 g/mol. The summed E-state index contributed by atoms with van der Waals surface area (Å²) in [5.41, 5.74) is 0.997. The van der Waals surface area contributed by atoms with Crippen LogP contribution in [0.5, 0.6) is 0 Å². The summed E-state index contributed by atoms with van der Waals surface area (Å²) in [5, 5.41) is 14.7. The van der Waals surface area contributed by atoms with Gasteiger partial charge in [-0.15, -0.1) is 0 Å². The minimum Gasteiger partial charge on any atom is -0.313 e. The first-order valence-electron chi connectivity index (χ1n) is 7.48. The molecule has 1 aliphatic rings. The molecule has 6 heteroatoms. The highest BCUT2D eigenvalue weighted by Crippen LogP contribution is 2.24. The van der Waals surface area contributed by atoms with Gasteiger partial charge in [0.2, 0.25) is 0 Å². The molecule has 1 aromatic carbocycles. The van der Waals surface area contributed by atoms with Gasteiger partial charge in [0.15, 0.2) is 0 Å². The smallest absolute Gasteiger partial charge is 0.270 e. The standard InChI is InChI=1S/C15H22ClN3O2/c1-2-8-18(11-13-4-3-7-17-13)10-12-5-6-14(19(20)21)9-15(12)16/h5-6,9,13,17H,2-4,7-8,10-11H2,1H3. The van der Waals surface area contributed by atoms with Crippen molar-refractivity contribution in [2.45, 2.75) is 38.8 Å². The molecule has 0 saturated carbocycles. The predicted octanol–water partition coefficient (Wildman–Crippen LogP) is 3.21. The molecule has 0 spiro atoms. The molecule has 5 nitrogen and oxygen atoms in total. The van der Waals surface area contributed by atoms with E-state index in [0.29, 0.717) is 11.1 Å². The lowest BCUT2D eigenvalue weighted by Gasteiger charge is -2.25. The van der Waals surface area contributed by atoms with Crippen LogP contribution < -0.4 is 5.32 Å². The first-order chi connectivity index (χ1) is 10.1. The maximum atomic E-state index is 10.7. The highest BCUT2D eigenvalue weighted by molar-refractivity contribution is 6.31. The van der Waals surface area contributed by atoms with Crippen molar-refractivity contribution in [2.75, 3.05) is 19.6 Å². The van der Waals surface area contributed by atoms with Gasteiger partial charge in [-0.25, -0.2) is 0 Å². The summed E-state index contributed by atoms with van der Waals surface area (Å²) >= 11 is 6.19. The van der Waals surface area contributed by atoms with Crippen molar-refractivity contribution >= 4 is 17.3 Å². The Bertz CT molecular complexity index is 490. The Morgan fingerprint density at radius 1 is 1.52 bits per heavy atom. The van der Waals surface area contributed by atoms with Crippen molar-refractivity contribution in [3.8, 4) is 0 Å². The van der Waals surface area contributed by atoms with Gasteiger partial charge < -0.3 is 5.32 Å². The third-order valence-corrected chi connectivity index (χ3v) is 4.17. The lowest BCUT2D eigenvalue weighted by molar-refractivity contribution is -0.384. The van der Waals surface area contributed by atoms with Crippen molar-refractivity contribution in [1.29, 1.82) is 0 Å². The molecule has 0 aromatic heterocycles. The van der Waals surface area contributed by atoms with Crippen LogP contribution in [0, 0.1) is 10.1 Å². The Hall–Kier alpha value is -1.17. The fraction of sp³-hybridized carbons (Fsp3) is 0.600. The minimum absolute atomic E-state index is 0.0447. The molecule has 0 bridgehead atoms. The van der Waals surface area contributed by atoms with Crippen molar-refractivity contribution in [1.82, 2.24) is 10.2 Å². The fourth-order valence-electron chi connectivity index (χ4n) is 2.79. The van der Waals surface area contributed by atoms with E-state index >= 15 is 0 Å². The molecule has 1 saturated heterocycles. The van der Waals surface area contributed by atoms with E-state index in [1.54, 1.807) is 6.07 Å². The number of non-ortho nitro benzene ring substituents is 1. The largest absolute Gasteiger partial charge is 0.313 e. The number of nitro benzene ring substituents is 1. The second-order valence-electron chi connectivity index (χ2n) is 5.56. The van der Waals surface area contributed by atoms with Crippen LogP contribution in [-0.2, 0) is 6.54 Å². The summed E-state index contributed by atoms with van der Waals surface area (Å²) < 4.78 is 0. The van der Waals surface area contributed by atoms with E-state index in [1.165, 1.54) is 25.0 Å². The van der Waals surface area contributed by atoms with E-state index in [2.05, 4.69) is 17.1 Å². The fourth-order valence-corrected chi connectivity index (χ4v) is 3.03. The Kier molecular flexibility index (Phi) is 5.96. The van der Waals surface area contributed by atoms with E-state index in [9.17, 15) is 10.1 Å². The molecule has 21 heavy (non-hydrogen) atoms. The van der Waals surface area contributed by atoms with Gasteiger partial charge >= 0.3 is 0 Å². The summed E-state index contributed by atoms with van der Waals surface area (Å²) in [6.07, 6.45) is 3.54. The average Bonchev–Trinajstić information content (AvgIpc) is 2.94. The van der Waals surface area contributed by atoms with Crippen LogP contribution in [0.2, 0.25) is 5.02 Å². The number of benzene rings is 1. The number of nitro groups is 1. The third kappa shape index (κ3) is 4.66. The summed E-state index contributed by atoms with van der Waals surface area (Å²) in [6.45, 7) is 6.00. The molecule has 1 fully saturated rings. The third-order valence-electron chi connectivity index (χ3n) is 3.82. The second kappa shape index (κ2) is 7.73. The number of hydrogen-bond acceptors (Lipinski definition) is 4. The van der Waals surface area contributed by atoms with Gasteiger partial charge in [-0.3, -0.25) is 15.0 Å². The molecule has 1 aliphatic heterocycles. The van der Waals surface area contributed by atoms with Crippen LogP contribution in [0.3, 0.4) is 0 Å². The zero-order valence-corrected chi connectivity index (χ0v) is 13.1. The topological polar surface area (TPSA) is 58.4 Å². The summed E-state index contributed by atoms with van der Waals surface area (Å²) in [6, 6.07) is 5.28. The summed E-state index contributed by atoms with van der Waals surface area (Å²) in [4.78, 5) is 12.7. The van der Waals surface area contributed by atoms with Gasteiger partial charge in [-0.2, -0.15) is 0 Å². The molecule has 2 rings (SSSR count). The molecule has 1 heterocycles. The van der Waals surface area contributed by atoms with E-state index in [4.69, 9.17) is 11.6 Å². The zero-order valence-electron chi connectivity index (χ0n) is 12.3. The van der Waals surface area contributed by atoms with Gasteiger partial charge in [0.1, 0.15) is 0 Å². The second-order valence-corrected chi connectivity index (χ2v) is 5.97. The van der Waals surface area contributed by atoms with Crippen molar-refractivity contribution in [3.63, 3.8) is 0 Å². The number of halogens is 1. The Labute approximate surface area is 130 Å². The van der Waals surface area contributed by atoms with Crippen LogP contribution in [0.4, 0.5) is 5.69 Å². The Morgan fingerprint density at radius 2 is 2.33 bits per heavy atom. The SMILES string of the molecule is CCCN(Cc1ccc([N+](=O)[O-])cc1Cl)CC1CCCN1. The van der Waals surface area contributed by atoms with Gasteiger partial charge in [-0.05, 0) is 44.0 Å². The molecular formula is C15H22ClN3O2. The molecule has 0 radical (unpaired) electrons. The van der Waals surface area contributed by atoms with E-state index in [1.807, 2.05) is 0 Å². The lowest BCUT2D eigenvalue weighted by atomic mass is 10.1. The summed E-state index contributed by atoms with van der Waals surface area (Å²) in [7, 11) is 0. The van der Waals surface area contributed by atoms with Gasteiger partial charge in [0, 0.05) is 31.3 Å². The normalized spacial score (nSPS) is 18.3. The predicted molar refractivity (Wildman–Crippen MR) is 84.7 cm³/mol. The van der Waals surface area contributed by atoms with Crippen LogP contribution in [-0.4, -0.2) is 35.5 Å². The highest BCUT2D eigenvalue weighted by Gasteiger charge is 2.19. The van der Waals surface area contributed by atoms with Gasteiger partial charge in [0.25, 0.3) is 5.69 Å². The number of rotatable bonds is 7. The molecule has 1 atom stereocenters. The molecule has 1 unspecified atom stereocenters. The Balaban J connectivity index is 2.03. The quantitative estimate of drug-likeness (QED) is 0.620. The van der Waals surface area contributed by atoms with Gasteiger partial charge in [-0.1, -0.05) is 18.5 Å². The molecule has 116 valence electrons. The number of hydrogen-bond donors (Lipinski definition) is 1. The maximum Gasteiger partial charge on any atom is 0.270 e. The average molecular weight is 312 g/mol. The first-order valence-corrected chi connectivity index (χ1v) is 7.86. The number of nitrogens with zero attached hydrogens (tertiary/aromatic N) is 2. The maximum absolute atomic E-state index is 10.7.